The lowest BCUT2D eigenvalue weighted by atomic mass is 10.2. The molecule has 0 saturated carbocycles. The minimum absolute atomic E-state index is 0.225. The number of ether oxygens (including phenoxy) is 1. The summed E-state index contributed by atoms with van der Waals surface area (Å²) in [6, 6.07) is 5.32. The quantitative estimate of drug-likeness (QED) is 0.752. The van der Waals surface area contributed by atoms with Crippen LogP contribution >= 0.6 is 23.2 Å². The first-order valence-electron chi connectivity index (χ1n) is 5.88. The molecule has 1 aromatic rings. The van der Waals surface area contributed by atoms with E-state index < -0.39 is 0 Å². The molecule has 0 bridgehead atoms. The molecule has 1 rings (SSSR count). The fourth-order valence-electron chi connectivity index (χ4n) is 1.57. The van der Waals surface area contributed by atoms with Gasteiger partial charge >= 0.3 is 5.97 Å². The molecule has 100 valence electrons. The van der Waals surface area contributed by atoms with Crippen LogP contribution in [0.15, 0.2) is 18.2 Å². The standard InChI is InChI=1S/C13H17Cl2NO2/c1-3-16(9-13(17)18-4-2)8-10-7-11(14)5-6-12(10)15/h5-7H,3-4,8-9H2,1-2H3. The maximum atomic E-state index is 11.4. The average molecular weight is 290 g/mol. The number of likely N-dealkylation sites (N-methyl/N-ethyl adjacent to an activating group) is 1. The fraction of sp³-hybridized carbons (Fsp3) is 0.462. The number of hydrogen-bond donors (Lipinski definition) is 0. The maximum absolute atomic E-state index is 11.4. The lowest BCUT2D eigenvalue weighted by Gasteiger charge is -2.20. The van der Waals surface area contributed by atoms with Crippen molar-refractivity contribution in [3.8, 4) is 0 Å². The van der Waals surface area contributed by atoms with Gasteiger partial charge < -0.3 is 4.74 Å². The van der Waals surface area contributed by atoms with Crippen molar-refractivity contribution in [1.29, 1.82) is 0 Å². The summed E-state index contributed by atoms with van der Waals surface area (Å²) in [5.41, 5.74) is 0.912. The van der Waals surface area contributed by atoms with Crippen molar-refractivity contribution < 1.29 is 9.53 Å². The van der Waals surface area contributed by atoms with Crippen LogP contribution in [0, 0.1) is 0 Å². The minimum Gasteiger partial charge on any atom is -0.465 e. The predicted octanol–water partition coefficient (Wildman–Crippen LogP) is 3.38. The molecule has 0 atom stereocenters. The highest BCUT2D eigenvalue weighted by Crippen LogP contribution is 2.21. The Bertz CT molecular complexity index is 410. The Morgan fingerprint density at radius 3 is 2.67 bits per heavy atom. The van der Waals surface area contributed by atoms with Crippen molar-refractivity contribution in [2.45, 2.75) is 20.4 Å². The first-order chi connectivity index (χ1) is 8.56. The molecule has 0 spiro atoms. The first kappa shape index (κ1) is 15.3. The van der Waals surface area contributed by atoms with Gasteiger partial charge in [0.1, 0.15) is 0 Å². The second-order valence-corrected chi connectivity index (χ2v) is 4.69. The van der Waals surface area contributed by atoms with Gasteiger partial charge in [-0.25, -0.2) is 0 Å². The maximum Gasteiger partial charge on any atom is 0.320 e. The lowest BCUT2D eigenvalue weighted by Crippen LogP contribution is -2.30. The van der Waals surface area contributed by atoms with Gasteiger partial charge in [0.15, 0.2) is 0 Å². The van der Waals surface area contributed by atoms with E-state index in [1.165, 1.54) is 0 Å². The number of esters is 1. The molecule has 0 unspecified atom stereocenters. The molecule has 0 aliphatic heterocycles. The number of carbonyl (C=O) groups is 1. The predicted molar refractivity (Wildman–Crippen MR) is 74.0 cm³/mol. The Morgan fingerprint density at radius 2 is 2.06 bits per heavy atom. The summed E-state index contributed by atoms with van der Waals surface area (Å²) < 4.78 is 4.93. The van der Waals surface area contributed by atoms with Crippen LogP contribution in [-0.2, 0) is 16.1 Å². The van der Waals surface area contributed by atoms with Gasteiger partial charge in [0.25, 0.3) is 0 Å². The van der Waals surface area contributed by atoms with Gasteiger partial charge in [-0.1, -0.05) is 30.1 Å². The van der Waals surface area contributed by atoms with E-state index in [-0.39, 0.29) is 12.5 Å². The Morgan fingerprint density at radius 1 is 1.33 bits per heavy atom. The van der Waals surface area contributed by atoms with Crippen LogP contribution in [0.1, 0.15) is 19.4 Å². The van der Waals surface area contributed by atoms with Crippen LogP contribution in [0.25, 0.3) is 0 Å². The van der Waals surface area contributed by atoms with Crippen molar-refractivity contribution >= 4 is 29.2 Å². The van der Waals surface area contributed by atoms with E-state index in [9.17, 15) is 4.79 Å². The smallest absolute Gasteiger partial charge is 0.320 e. The van der Waals surface area contributed by atoms with Crippen LogP contribution in [-0.4, -0.2) is 30.6 Å². The molecule has 0 radical (unpaired) electrons. The van der Waals surface area contributed by atoms with Crippen LogP contribution in [0.4, 0.5) is 0 Å². The van der Waals surface area contributed by atoms with E-state index in [4.69, 9.17) is 27.9 Å². The molecular weight excluding hydrogens is 273 g/mol. The molecule has 18 heavy (non-hydrogen) atoms. The van der Waals surface area contributed by atoms with Gasteiger partial charge in [0, 0.05) is 16.6 Å². The number of carbonyl (C=O) groups excluding carboxylic acids is 1. The Labute approximate surface area is 118 Å². The second-order valence-electron chi connectivity index (χ2n) is 3.84. The second kappa shape index (κ2) is 7.62. The zero-order valence-electron chi connectivity index (χ0n) is 10.6. The molecule has 0 amide bonds. The zero-order valence-corrected chi connectivity index (χ0v) is 12.1. The SMILES string of the molecule is CCOC(=O)CN(CC)Cc1cc(Cl)ccc1Cl. The van der Waals surface area contributed by atoms with Crippen molar-refractivity contribution in [2.24, 2.45) is 0 Å². The molecule has 0 aliphatic carbocycles. The third-order valence-electron chi connectivity index (χ3n) is 2.51. The largest absolute Gasteiger partial charge is 0.465 e. The van der Waals surface area contributed by atoms with Gasteiger partial charge in [0.05, 0.1) is 13.2 Å². The highest BCUT2D eigenvalue weighted by Gasteiger charge is 2.12. The summed E-state index contributed by atoms with van der Waals surface area (Å²) in [7, 11) is 0. The summed E-state index contributed by atoms with van der Waals surface area (Å²) >= 11 is 12.0. The number of hydrogen-bond acceptors (Lipinski definition) is 3. The van der Waals surface area contributed by atoms with Gasteiger partial charge in [-0.3, -0.25) is 9.69 Å². The van der Waals surface area contributed by atoms with Gasteiger partial charge in [-0.05, 0) is 37.2 Å². The Kier molecular flexibility index (Phi) is 6.47. The average Bonchev–Trinajstić information content (AvgIpc) is 2.33. The van der Waals surface area contributed by atoms with Crippen LogP contribution < -0.4 is 0 Å². The van der Waals surface area contributed by atoms with Crippen molar-refractivity contribution in [1.82, 2.24) is 4.90 Å². The monoisotopic (exact) mass is 289 g/mol. The van der Waals surface area contributed by atoms with E-state index in [0.29, 0.717) is 23.2 Å². The number of nitrogens with zero attached hydrogens (tertiary/aromatic N) is 1. The van der Waals surface area contributed by atoms with Gasteiger partial charge in [-0.15, -0.1) is 0 Å². The highest BCUT2D eigenvalue weighted by atomic mass is 35.5. The normalized spacial score (nSPS) is 10.7. The summed E-state index contributed by atoms with van der Waals surface area (Å²) in [6.45, 7) is 5.75. The summed E-state index contributed by atoms with van der Waals surface area (Å²) in [5, 5.41) is 1.29. The lowest BCUT2D eigenvalue weighted by molar-refractivity contribution is -0.144. The van der Waals surface area contributed by atoms with Gasteiger partial charge in [0.2, 0.25) is 0 Å². The third kappa shape index (κ3) is 4.84. The molecule has 0 aromatic heterocycles. The molecule has 0 aliphatic rings. The van der Waals surface area contributed by atoms with Crippen LogP contribution in [0.3, 0.4) is 0 Å². The van der Waals surface area contributed by atoms with Crippen LogP contribution in [0.2, 0.25) is 10.0 Å². The summed E-state index contributed by atoms with van der Waals surface area (Å²) in [5.74, 6) is -0.225. The van der Waals surface area contributed by atoms with Crippen molar-refractivity contribution in [3.63, 3.8) is 0 Å². The number of benzene rings is 1. The minimum atomic E-state index is -0.225. The molecular formula is C13H17Cl2NO2. The van der Waals surface area contributed by atoms with Gasteiger partial charge in [-0.2, -0.15) is 0 Å². The zero-order chi connectivity index (χ0) is 13.5. The molecule has 0 heterocycles. The van der Waals surface area contributed by atoms with E-state index in [1.807, 2.05) is 17.9 Å². The molecule has 0 saturated heterocycles. The van der Waals surface area contributed by atoms with Crippen molar-refractivity contribution in [3.05, 3.63) is 33.8 Å². The highest BCUT2D eigenvalue weighted by molar-refractivity contribution is 6.33. The molecule has 3 nitrogen and oxygen atoms in total. The number of rotatable bonds is 6. The fourth-order valence-corrected chi connectivity index (χ4v) is 1.95. The van der Waals surface area contributed by atoms with Crippen molar-refractivity contribution in [2.75, 3.05) is 19.7 Å². The first-order valence-corrected chi connectivity index (χ1v) is 6.64. The van der Waals surface area contributed by atoms with E-state index in [2.05, 4.69) is 0 Å². The third-order valence-corrected chi connectivity index (χ3v) is 3.11. The summed E-state index contributed by atoms with van der Waals surface area (Å²) in [4.78, 5) is 13.4. The molecule has 5 heteroatoms. The Hall–Kier alpha value is -0.770. The Balaban J connectivity index is 2.67. The van der Waals surface area contributed by atoms with E-state index in [0.717, 1.165) is 12.1 Å². The van der Waals surface area contributed by atoms with E-state index >= 15 is 0 Å². The molecule has 1 aromatic carbocycles. The molecule has 0 fully saturated rings. The summed E-state index contributed by atoms with van der Waals surface area (Å²) in [6.07, 6.45) is 0. The van der Waals surface area contributed by atoms with E-state index in [1.54, 1.807) is 19.1 Å². The number of halogens is 2. The van der Waals surface area contributed by atoms with Crippen LogP contribution in [0.5, 0.6) is 0 Å². The topological polar surface area (TPSA) is 29.5 Å². The molecule has 0 N–H and O–H groups in total.